The molecule has 0 heterocycles. The van der Waals surface area contributed by atoms with Crippen molar-refractivity contribution < 1.29 is 19.0 Å². The van der Waals surface area contributed by atoms with E-state index in [4.69, 9.17) is 9.84 Å². The molecule has 0 spiro atoms. The predicted molar refractivity (Wildman–Crippen MR) is 73.9 cm³/mol. The quantitative estimate of drug-likeness (QED) is 0.796. The van der Waals surface area contributed by atoms with Crippen LogP contribution in [-0.2, 0) is 4.79 Å². The van der Waals surface area contributed by atoms with Crippen molar-refractivity contribution in [3.63, 3.8) is 0 Å². The van der Waals surface area contributed by atoms with Crippen molar-refractivity contribution in [2.45, 2.75) is 18.2 Å². The summed E-state index contributed by atoms with van der Waals surface area (Å²) in [6.45, 7) is 1.69. The van der Waals surface area contributed by atoms with Crippen molar-refractivity contribution in [2.75, 3.05) is 19.5 Å². The molecule has 106 valence electrons. The molecule has 1 aromatic rings. The third-order valence-electron chi connectivity index (χ3n) is 2.61. The third kappa shape index (κ3) is 5.48. The number of nitrogens with one attached hydrogen (secondary N) is 1. The summed E-state index contributed by atoms with van der Waals surface area (Å²) in [6.07, 6.45) is 1.87. The fourth-order valence-corrected chi connectivity index (χ4v) is 2.13. The lowest BCUT2D eigenvalue weighted by molar-refractivity contribution is -0.123. The molecule has 6 heteroatoms. The Morgan fingerprint density at radius 3 is 2.63 bits per heavy atom. The zero-order valence-corrected chi connectivity index (χ0v) is 11.7. The number of carbonyl (C=O) groups excluding carboxylic acids is 1. The van der Waals surface area contributed by atoms with Gasteiger partial charge in [0.05, 0.1) is 6.61 Å². The van der Waals surface area contributed by atoms with Gasteiger partial charge in [0.1, 0.15) is 11.6 Å². The van der Waals surface area contributed by atoms with Crippen LogP contribution in [-0.4, -0.2) is 41.8 Å². The molecule has 0 radical (unpaired) electrons. The van der Waals surface area contributed by atoms with Crippen molar-refractivity contribution in [1.82, 2.24) is 5.32 Å². The topological polar surface area (TPSA) is 58.6 Å². The van der Waals surface area contributed by atoms with Gasteiger partial charge in [-0.15, -0.1) is 0 Å². The van der Waals surface area contributed by atoms with Crippen LogP contribution in [0.5, 0.6) is 5.75 Å². The minimum absolute atomic E-state index is 0.00142. The van der Waals surface area contributed by atoms with Crippen molar-refractivity contribution in [3.05, 3.63) is 30.1 Å². The van der Waals surface area contributed by atoms with Gasteiger partial charge in [0.15, 0.2) is 6.61 Å². The van der Waals surface area contributed by atoms with Crippen LogP contribution in [0.2, 0.25) is 0 Å². The number of carbonyl (C=O) groups is 1. The molecule has 0 saturated carbocycles. The van der Waals surface area contributed by atoms with E-state index < -0.39 is 0 Å². The highest BCUT2D eigenvalue weighted by atomic mass is 32.2. The van der Waals surface area contributed by atoms with Crippen LogP contribution in [0.4, 0.5) is 4.39 Å². The van der Waals surface area contributed by atoms with E-state index in [0.717, 1.165) is 0 Å². The Kier molecular flexibility index (Phi) is 6.66. The van der Waals surface area contributed by atoms with E-state index in [0.29, 0.717) is 5.75 Å². The van der Waals surface area contributed by atoms with Crippen LogP contribution in [0.1, 0.15) is 6.92 Å². The van der Waals surface area contributed by atoms with Crippen LogP contribution in [0.3, 0.4) is 0 Å². The summed E-state index contributed by atoms with van der Waals surface area (Å²) in [5.74, 6) is -0.187. The van der Waals surface area contributed by atoms with Crippen LogP contribution >= 0.6 is 11.8 Å². The predicted octanol–water partition coefficient (Wildman–Crippen LogP) is 1.43. The average Bonchev–Trinajstić information content (AvgIpc) is 2.39. The first kappa shape index (κ1) is 15.8. The number of rotatable bonds is 7. The van der Waals surface area contributed by atoms with E-state index >= 15 is 0 Å². The fourth-order valence-electron chi connectivity index (χ4n) is 1.51. The maximum atomic E-state index is 12.7. The van der Waals surface area contributed by atoms with Gasteiger partial charge in [-0.2, -0.15) is 11.8 Å². The number of hydrogen-bond acceptors (Lipinski definition) is 4. The molecule has 0 aromatic heterocycles. The highest BCUT2D eigenvalue weighted by Gasteiger charge is 2.17. The van der Waals surface area contributed by atoms with Gasteiger partial charge in [-0.25, -0.2) is 4.39 Å². The zero-order chi connectivity index (χ0) is 14.3. The number of hydrogen-bond donors (Lipinski definition) is 2. The van der Waals surface area contributed by atoms with Gasteiger partial charge in [-0.05, 0) is 37.4 Å². The number of amides is 1. The highest BCUT2D eigenvalue weighted by Crippen LogP contribution is 2.12. The highest BCUT2D eigenvalue weighted by molar-refractivity contribution is 7.99. The van der Waals surface area contributed by atoms with Crippen LogP contribution < -0.4 is 10.1 Å². The summed E-state index contributed by atoms with van der Waals surface area (Å²) in [7, 11) is 0. The second-order valence-corrected chi connectivity index (χ2v) is 5.13. The number of aliphatic hydroxyl groups excluding tert-OH is 1. The normalized spacial score (nSPS) is 13.7. The Morgan fingerprint density at radius 2 is 2.11 bits per heavy atom. The average molecular weight is 287 g/mol. The second-order valence-electron chi connectivity index (χ2n) is 4.06. The molecule has 0 saturated heterocycles. The van der Waals surface area contributed by atoms with E-state index in [2.05, 4.69) is 5.32 Å². The first-order valence-electron chi connectivity index (χ1n) is 5.88. The summed E-state index contributed by atoms with van der Waals surface area (Å²) in [6, 6.07) is 5.32. The molecule has 2 unspecified atom stereocenters. The van der Waals surface area contributed by atoms with Crippen molar-refractivity contribution >= 4 is 17.7 Å². The second kappa shape index (κ2) is 8.01. The molecule has 19 heavy (non-hydrogen) atoms. The van der Waals surface area contributed by atoms with Gasteiger partial charge in [0.2, 0.25) is 0 Å². The number of ether oxygens (including phenoxy) is 1. The standard InChI is InChI=1S/C13H18FNO3S/c1-9(12(7-16)19-2)15-13(17)8-18-11-5-3-10(14)4-6-11/h3-6,9,12,16H,7-8H2,1-2H3,(H,15,17). The third-order valence-corrected chi connectivity index (χ3v) is 3.78. The minimum atomic E-state index is -0.351. The Hall–Kier alpha value is -1.27. The molecule has 2 N–H and O–H groups in total. The summed E-state index contributed by atoms with van der Waals surface area (Å²) in [5, 5.41) is 11.8. The molecule has 2 atom stereocenters. The lowest BCUT2D eigenvalue weighted by atomic mass is 10.2. The molecular formula is C13H18FNO3S. The molecule has 1 amide bonds. The smallest absolute Gasteiger partial charge is 0.258 e. The Labute approximate surface area is 116 Å². The first-order chi connectivity index (χ1) is 9.06. The lowest BCUT2D eigenvalue weighted by Gasteiger charge is -2.21. The molecule has 0 bridgehead atoms. The molecular weight excluding hydrogens is 269 g/mol. The minimum Gasteiger partial charge on any atom is -0.484 e. The summed E-state index contributed by atoms with van der Waals surface area (Å²) >= 11 is 1.49. The van der Waals surface area contributed by atoms with E-state index in [1.807, 2.05) is 13.2 Å². The number of benzene rings is 1. The van der Waals surface area contributed by atoms with E-state index in [9.17, 15) is 9.18 Å². The summed E-state index contributed by atoms with van der Waals surface area (Å²) in [4.78, 5) is 11.6. The number of halogens is 1. The molecule has 1 rings (SSSR count). The maximum absolute atomic E-state index is 12.7. The SMILES string of the molecule is CSC(CO)C(C)NC(=O)COc1ccc(F)cc1. The van der Waals surface area contributed by atoms with Gasteiger partial charge in [0, 0.05) is 11.3 Å². The molecule has 0 aliphatic heterocycles. The summed E-state index contributed by atoms with van der Waals surface area (Å²) in [5.41, 5.74) is 0. The van der Waals surface area contributed by atoms with Gasteiger partial charge in [0.25, 0.3) is 5.91 Å². The van der Waals surface area contributed by atoms with Crippen LogP contribution in [0, 0.1) is 5.82 Å². The fraction of sp³-hybridized carbons (Fsp3) is 0.462. The molecule has 4 nitrogen and oxygen atoms in total. The Morgan fingerprint density at radius 1 is 1.47 bits per heavy atom. The zero-order valence-electron chi connectivity index (χ0n) is 10.9. The Balaban J connectivity index is 2.37. The van der Waals surface area contributed by atoms with Crippen molar-refractivity contribution in [2.24, 2.45) is 0 Å². The van der Waals surface area contributed by atoms with Crippen molar-refractivity contribution in [1.29, 1.82) is 0 Å². The maximum Gasteiger partial charge on any atom is 0.258 e. The van der Waals surface area contributed by atoms with E-state index in [1.54, 1.807) is 0 Å². The number of thioether (sulfide) groups is 1. The largest absolute Gasteiger partial charge is 0.484 e. The first-order valence-corrected chi connectivity index (χ1v) is 7.17. The van der Waals surface area contributed by atoms with Crippen LogP contribution in [0.15, 0.2) is 24.3 Å². The molecule has 1 aromatic carbocycles. The van der Waals surface area contributed by atoms with Gasteiger partial charge >= 0.3 is 0 Å². The van der Waals surface area contributed by atoms with Gasteiger partial charge in [-0.1, -0.05) is 0 Å². The molecule has 0 fully saturated rings. The van der Waals surface area contributed by atoms with E-state index in [-0.39, 0.29) is 36.2 Å². The van der Waals surface area contributed by atoms with Crippen molar-refractivity contribution in [3.8, 4) is 5.75 Å². The van der Waals surface area contributed by atoms with E-state index in [1.165, 1.54) is 36.0 Å². The molecule has 0 aliphatic rings. The monoisotopic (exact) mass is 287 g/mol. The number of aliphatic hydroxyl groups is 1. The molecule has 0 aliphatic carbocycles. The summed E-state index contributed by atoms with van der Waals surface area (Å²) < 4.78 is 17.9. The van der Waals surface area contributed by atoms with Gasteiger partial charge < -0.3 is 15.2 Å². The Bertz CT molecular complexity index is 395. The van der Waals surface area contributed by atoms with Gasteiger partial charge in [-0.3, -0.25) is 4.79 Å². The van der Waals surface area contributed by atoms with Crippen LogP contribution in [0.25, 0.3) is 0 Å². The lowest BCUT2D eigenvalue weighted by Crippen LogP contribution is -2.43.